The van der Waals surface area contributed by atoms with Crippen LogP contribution in [0.25, 0.3) is 11.3 Å². The van der Waals surface area contributed by atoms with Gasteiger partial charge in [-0.1, -0.05) is 24.3 Å². The highest BCUT2D eigenvalue weighted by molar-refractivity contribution is 5.78. The minimum Gasteiger partial charge on any atom is -0.426 e. The van der Waals surface area contributed by atoms with Gasteiger partial charge in [0.05, 0.1) is 5.69 Å². The normalized spacial score (nSPS) is 11.8. The van der Waals surface area contributed by atoms with Gasteiger partial charge in [-0.3, -0.25) is 9.78 Å². The molecule has 84 valence electrons. The molecule has 1 aliphatic carbocycles. The summed E-state index contributed by atoms with van der Waals surface area (Å²) in [5.74, 6) is 0.327. The Morgan fingerprint density at radius 2 is 2.12 bits per heavy atom. The number of carbonyl (C=O) groups excluding carboxylic acids is 1. The summed E-state index contributed by atoms with van der Waals surface area (Å²) in [5, 5.41) is 0. The molecule has 0 unspecified atom stereocenters. The van der Waals surface area contributed by atoms with Gasteiger partial charge in [0.15, 0.2) is 0 Å². The molecule has 1 aromatic carbocycles. The molecule has 0 fully saturated rings. The molecular formula is C14H11NO2. The van der Waals surface area contributed by atoms with Gasteiger partial charge in [0.2, 0.25) is 0 Å². The van der Waals surface area contributed by atoms with E-state index in [9.17, 15) is 4.79 Å². The van der Waals surface area contributed by atoms with Crippen molar-refractivity contribution in [3.8, 4) is 17.0 Å². The minimum atomic E-state index is -0.297. The van der Waals surface area contributed by atoms with Crippen molar-refractivity contribution in [2.24, 2.45) is 0 Å². The summed E-state index contributed by atoms with van der Waals surface area (Å²) >= 11 is 0. The van der Waals surface area contributed by atoms with E-state index in [4.69, 9.17) is 4.74 Å². The van der Waals surface area contributed by atoms with Crippen molar-refractivity contribution in [1.29, 1.82) is 0 Å². The number of aromatic nitrogens is 1. The largest absolute Gasteiger partial charge is 0.426 e. The van der Waals surface area contributed by atoms with Crippen LogP contribution < -0.4 is 4.74 Å². The van der Waals surface area contributed by atoms with E-state index in [0.717, 1.165) is 23.2 Å². The summed E-state index contributed by atoms with van der Waals surface area (Å²) < 4.78 is 5.21. The molecule has 0 radical (unpaired) electrons. The Bertz CT molecular complexity index is 605. The molecule has 1 aromatic heterocycles. The summed E-state index contributed by atoms with van der Waals surface area (Å²) in [6, 6.07) is 9.87. The Hall–Kier alpha value is -2.16. The number of ether oxygens (including phenoxy) is 1. The fourth-order valence-electron chi connectivity index (χ4n) is 2.22. The number of fused-ring (bicyclic) bond motifs is 3. The zero-order valence-electron chi connectivity index (χ0n) is 9.43. The standard InChI is InChI=1S/C14H11NO2/c1-9(16)17-13-6-7-15-14-11-5-3-2-4-10(11)8-12(13)14/h2-7H,8H2,1H3. The summed E-state index contributed by atoms with van der Waals surface area (Å²) in [7, 11) is 0. The lowest BCUT2D eigenvalue weighted by atomic mass is 10.1. The molecule has 2 aromatic rings. The van der Waals surface area contributed by atoms with Crippen molar-refractivity contribution in [1.82, 2.24) is 4.98 Å². The molecule has 3 heteroatoms. The average molecular weight is 225 g/mol. The predicted molar refractivity (Wildman–Crippen MR) is 63.8 cm³/mol. The van der Waals surface area contributed by atoms with Gasteiger partial charge in [0.25, 0.3) is 0 Å². The van der Waals surface area contributed by atoms with Gasteiger partial charge < -0.3 is 4.74 Å². The molecule has 17 heavy (non-hydrogen) atoms. The van der Waals surface area contributed by atoms with E-state index in [1.165, 1.54) is 12.5 Å². The van der Waals surface area contributed by atoms with Gasteiger partial charge in [-0.25, -0.2) is 0 Å². The van der Waals surface area contributed by atoms with Crippen molar-refractivity contribution in [3.05, 3.63) is 47.7 Å². The van der Waals surface area contributed by atoms with Crippen LogP contribution in [0, 0.1) is 0 Å². The minimum absolute atomic E-state index is 0.297. The molecule has 0 atom stereocenters. The summed E-state index contributed by atoms with van der Waals surface area (Å²) in [6.07, 6.45) is 2.46. The van der Waals surface area contributed by atoms with E-state index in [1.807, 2.05) is 18.2 Å². The van der Waals surface area contributed by atoms with Crippen LogP contribution in [-0.2, 0) is 11.2 Å². The van der Waals surface area contributed by atoms with E-state index in [-0.39, 0.29) is 5.97 Å². The number of rotatable bonds is 1. The second kappa shape index (κ2) is 3.70. The van der Waals surface area contributed by atoms with E-state index < -0.39 is 0 Å². The lowest BCUT2D eigenvalue weighted by Crippen LogP contribution is -2.04. The molecule has 0 spiro atoms. The SMILES string of the molecule is CC(=O)Oc1ccnc2c1Cc1ccccc1-2. The van der Waals surface area contributed by atoms with Crippen molar-refractivity contribution in [3.63, 3.8) is 0 Å². The highest BCUT2D eigenvalue weighted by Gasteiger charge is 2.23. The zero-order chi connectivity index (χ0) is 11.8. The Balaban J connectivity index is 2.14. The van der Waals surface area contributed by atoms with Crippen molar-refractivity contribution < 1.29 is 9.53 Å². The first-order chi connectivity index (χ1) is 8.25. The Morgan fingerprint density at radius 1 is 1.29 bits per heavy atom. The van der Waals surface area contributed by atoms with E-state index in [2.05, 4.69) is 11.1 Å². The monoisotopic (exact) mass is 225 g/mol. The molecule has 0 N–H and O–H groups in total. The van der Waals surface area contributed by atoms with Crippen LogP contribution in [0.2, 0.25) is 0 Å². The summed E-state index contributed by atoms with van der Waals surface area (Å²) in [4.78, 5) is 15.4. The van der Waals surface area contributed by atoms with Crippen LogP contribution in [0.15, 0.2) is 36.5 Å². The maximum atomic E-state index is 11.0. The Morgan fingerprint density at radius 3 is 2.94 bits per heavy atom. The quantitative estimate of drug-likeness (QED) is 0.597. The number of hydrogen-bond acceptors (Lipinski definition) is 3. The van der Waals surface area contributed by atoms with Gasteiger partial charge in [0, 0.05) is 30.7 Å². The first-order valence-electron chi connectivity index (χ1n) is 5.50. The summed E-state index contributed by atoms with van der Waals surface area (Å²) in [5.41, 5.74) is 4.30. The molecule has 3 rings (SSSR count). The van der Waals surface area contributed by atoms with Gasteiger partial charge >= 0.3 is 5.97 Å². The summed E-state index contributed by atoms with van der Waals surface area (Å²) in [6.45, 7) is 1.41. The fraction of sp³-hybridized carbons (Fsp3) is 0.143. The Kier molecular flexibility index (Phi) is 2.18. The number of hydrogen-bond donors (Lipinski definition) is 0. The van der Waals surface area contributed by atoms with E-state index >= 15 is 0 Å². The van der Waals surface area contributed by atoms with Crippen molar-refractivity contribution >= 4 is 5.97 Å². The number of nitrogens with zero attached hydrogens (tertiary/aromatic N) is 1. The maximum absolute atomic E-state index is 11.0. The predicted octanol–water partition coefficient (Wildman–Crippen LogP) is 2.58. The first kappa shape index (κ1) is 10.0. The second-order valence-corrected chi connectivity index (χ2v) is 4.06. The molecule has 0 saturated carbocycles. The fourth-order valence-corrected chi connectivity index (χ4v) is 2.22. The van der Waals surface area contributed by atoms with E-state index in [1.54, 1.807) is 12.3 Å². The molecule has 1 aliphatic rings. The third kappa shape index (κ3) is 1.60. The average Bonchev–Trinajstić information content (AvgIpc) is 2.68. The lowest BCUT2D eigenvalue weighted by Gasteiger charge is -2.06. The highest BCUT2D eigenvalue weighted by Crippen LogP contribution is 2.39. The molecule has 0 bridgehead atoms. The molecule has 3 nitrogen and oxygen atoms in total. The van der Waals surface area contributed by atoms with Crippen molar-refractivity contribution in [2.45, 2.75) is 13.3 Å². The van der Waals surface area contributed by atoms with Crippen LogP contribution in [0.4, 0.5) is 0 Å². The van der Waals surface area contributed by atoms with E-state index in [0.29, 0.717) is 5.75 Å². The van der Waals surface area contributed by atoms with Gasteiger partial charge in [0.1, 0.15) is 5.75 Å². The molecule has 0 saturated heterocycles. The van der Waals surface area contributed by atoms with Crippen LogP contribution in [0.5, 0.6) is 5.75 Å². The first-order valence-corrected chi connectivity index (χ1v) is 5.50. The number of benzene rings is 1. The Labute approximate surface area is 99.1 Å². The second-order valence-electron chi connectivity index (χ2n) is 4.06. The van der Waals surface area contributed by atoms with Crippen LogP contribution in [0.3, 0.4) is 0 Å². The van der Waals surface area contributed by atoms with Gasteiger partial charge in [-0.05, 0) is 11.6 Å². The number of esters is 1. The van der Waals surface area contributed by atoms with Crippen LogP contribution in [0.1, 0.15) is 18.1 Å². The van der Waals surface area contributed by atoms with Gasteiger partial charge in [-0.15, -0.1) is 0 Å². The topological polar surface area (TPSA) is 39.2 Å². The maximum Gasteiger partial charge on any atom is 0.308 e. The molecule has 0 aliphatic heterocycles. The highest BCUT2D eigenvalue weighted by atomic mass is 16.5. The smallest absolute Gasteiger partial charge is 0.308 e. The van der Waals surface area contributed by atoms with Gasteiger partial charge in [-0.2, -0.15) is 0 Å². The molecular weight excluding hydrogens is 214 g/mol. The number of carbonyl (C=O) groups is 1. The van der Waals surface area contributed by atoms with Crippen molar-refractivity contribution in [2.75, 3.05) is 0 Å². The third-order valence-electron chi connectivity index (χ3n) is 2.91. The molecule has 1 heterocycles. The zero-order valence-corrected chi connectivity index (χ0v) is 9.43. The lowest BCUT2D eigenvalue weighted by molar-refractivity contribution is -0.131. The molecule has 0 amide bonds. The van der Waals surface area contributed by atoms with Crippen LogP contribution >= 0.6 is 0 Å². The number of pyridine rings is 1. The van der Waals surface area contributed by atoms with Crippen LogP contribution in [-0.4, -0.2) is 11.0 Å². The third-order valence-corrected chi connectivity index (χ3v) is 2.91.